The van der Waals surface area contributed by atoms with E-state index < -0.39 is 5.02 Å². The predicted octanol–water partition coefficient (Wildman–Crippen LogP) is -0.0831. The van der Waals surface area contributed by atoms with Crippen molar-refractivity contribution >= 4 is 0 Å². The van der Waals surface area contributed by atoms with E-state index in [0.29, 0.717) is 0 Å². The summed E-state index contributed by atoms with van der Waals surface area (Å²) >= 11 is 0. The fraction of sp³-hybridized carbons (Fsp3) is 0. The average Bonchev–Trinajstić information content (AvgIpc) is 0.811. The molecule has 0 atom stereocenters. The second-order valence-corrected chi connectivity index (χ2v) is 0.273. The van der Waals surface area contributed by atoms with Crippen molar-refractivity contribution in [2.75, 3.05) is 0 Å². The van der Waals surface area contributed by atoms with Gasteiger partial charge in [-0.05, 0) is 0 Å². The van der Waals surface area contributed by atoms with Gasteiger partial charge < -0.3 is 5.21 Å². The van der Waals surface area contributed by atoms with Crippen LogP contribution in [0.15, 0.2) is 0 Å². The lowest BCUT2D eigenvalue weighted by atomic mass is 12.9. The first-order valence-electron chi connectivity index (χ1n) is 0.606. The molecule has 0 heterocycles. The van der Waals surface area contributed by atoms with Crippen LogP contribution < -0.4 is 0 Å². The minimum absolute atomic E-state index is 1.00. The molecule has 0 aliphatic heterocycles. The van der Waals surface area contributed by atoms with Gasteiger partial charge in [-0.3, -0.25) is 0 Å². The van der Waals surface area contributed by atoms with Crippen LogP contribution in [0.1, 0.15) is 0 Å². The van der Waals surface area contributed by atoms with Gasteiger partial charge in [-0.2, -0.15) is 0 Å². The van der Waals surface area contributed by atoms with E-state index in [1.54, 1.807) is 0 Å². The van der Waals surface area contributed by atoms with Gasteiger partial charge in [0, 0.05) is 5.53 Å². The van der Waals surface area contributed by atoms with E-state index in [-0.39, 0.29) is 0 Å². The van der Waals surface area contributed by atoms with Gasteiger partial charge in [0.15, 0.2) is 5.02 Å². The van der Waals surface area contributed by atoms with E-state index in [9.17, 15) is 0 Å². The molecule has 4 heteroatoms. The Balaban J connectivity index is 2.80. The van der Waals surface area contributed by atoms with Crippen LogP contribution in [0.3, 0.4) is 0 Å². The summed E-state index contributed by atoms with van der Waals surface area (Å²) in [6.45, 7) is 0. The minimum Gasteiger partial charge on any atom is -0.395 e. The smallest absolute Gasteiger partial charge is 0.163 e. The van der Waals surface area contributed by atoms with Gasteiger partial charge in [0.25, 0.3) is 0 Å². The summed E-state index contributed by atoms with van der Waals surface area (Å²) in [5.74, 6) is 0. The van der Waals surface area contributed by atoms with E-state index in [1.807, 2.05) is 0 Å². The molecule has 0 saturated carbocycles. The molecule has 4 nitrogen and oxygen atoms in total. The zero-order valence-electron chi connectivity index (χ0n) is 1.80. The molecule has 0 rings (SSSR count). The molecule has 4 heavy (non-hydrogen) atoms. The van der Waals surface area contributed by atoms with Gasteiger partial charge in [-0.25, -0.2) is 5.21 Å². The summed E-state index contributed by atoms with van der Waals surface area (Å²) in [7, 11) is 0. The maximum Gasteiger partial charge on any atom is 0.163 e. The zero-order valence-corrected chi connectivity index (χ0v) is 1.80. The summed E-state index contributed by atoms with van der Waals surface area (Å²) in [6, 6.07) is 0. The van der Waals surface area contributed by atoms with Gasteiger partial charge in [-0.15, -0.1) is 0 Å². The lowest BCUT2D eigenvalue weighted by Gasteiger charge is -1.65. The summed E-state index contributed by atoms with van der Waals surface area (Å²) in [5, 5.41) is 14.6. The number of rotatable bonds is 0. The Morgan fingerprint density at radius 1 is 2.00 bits per heavy atom. The fourth-order valence-corrected chi connectivity index (χ4v) is 0. The van der Waals surface area contributed by atoms with Crippen LogP contribution in [-0.4, -0.2) is 10.2 Å². The molecular formula is H2N2O2. The maximum absolute atomic E-state index is 8.58. The Morgan fingerprint density at radius 2 is 2.00 bits per heavy atom. The third kappa shape index (κ3) is 0.0750. The first kappa shape index (κ1) is 3.20. The molecule has 0 aliphatic rings. The van der Waals surface area contributed by atoms with E-state index >= 15 is 0 Å². The molecule has 0 aliphatic carbocycles. The summed E-state index contributed by atoms with van der Waals surface area (Å²) in [6.07, 6.45) is 0. The summed E-state index contributed by atoms with van der Waals surface area (Å²) in [5.41, 5.74) is 5.42. The third-order valence-electron chi connectivity index (χ3n) is 0. The Hall–Kier alpha value is -0.800. The highest BCUT2D eigenvalue weighted by atomic mass is 16.8. The molecule has 0 unspecified atom stereocenters. The van der Waals surface area contributed by atoms with Gasteiger partial charge in [-0.1, -0.05) is 0 Å². The summed E-state index contributed by atoms with van der Waals surface area (Å²) in [4.78, 5) is 0. The number of nitrogens with zero attached hydrogens (tertiary/aromatic N) is 1. The van der Waals surface area contributed by atoms with Crippen LogP contribution in [0.5, 0.6) is 0 Å². The highest BCUT2D eigenvalue weighted by Gasteiger charge is 1.56. The van der Waals surface area contributed by atoms with Crippen molar-refractivity contribution in [1.82, 2.24) is 0 Å². The lowest BCUT2D eigenvalue weighted by Crippen LogP contribution is -1.81. The molecule has 0 amide bonds. The Morgan fingerprint density at radius 3 is 2.00 bits per heavy atom. The van der Waals surface area contributed by atoms with Crippen LogP contribution in [0.4, 0.5) is 0 Å². The van der Waals surface area contributed by atoms with Gasteiger partial charge in [0.1, 0.15) is 0 Å². The number of hydrogen-bond acceptors (Lipinski definition) is 2. The van der Waals surface area contributed by atoms with Crippen molar-refractivity contribution in [3.63, 3.8) is 0 Å². The third-order valence-corrected chi connectivity index (χ3v) is 0. The standard InChI is InChI=1S/H2N2O2/c1-2(3)4/h(H2,1,3,4). The number of hydrogen-bond donors (Lipinski definition) is 2. The van der Waals surface area contributed by atoms with Crippen LogP contribution >= 0.6 is 0 Å². The van der Waals surface area contributed by atoms with Gasteiger partial charge >= 0.3 is 0 Å². The Labute approximate surface area is 22.3 Å². The van der Waals surface area contributed by atoms with Gasteiger partial charge in [0.2, 0.25) is 0 Å². The first-order chi connectivity index (χ1) is 1.73. The van der Waals surface area contributed by atoms with Crippen LogP contribution in [0.2, 0.25) is 0 Å². The topological polar surface area (TPSA) is 70.2 Å². The number of nitrogens with one attached hydrogen (secondary N) is 1. The second-order valence-electron chi connectivity index (χ2n) is 0.273. The second kappa shape index (κ2) is 0.655. The molecular weight excluding hydrogens is 60.0 g/mol. The van der Waals surface area contributed by atoms with Crippen molar-refractivity contribution in [3.05, 3.63) is 5.21 Å². The summed E-state index contributed by atoms with van der Waals surface area (Å²) < 4.78 is 0. The molecule has 0 bridgehead atoms. The normalized spacial score (nSPS) is 6.00. The molecule has 0 aromatic heterocycles. The molecule has 24 valence electrons. The molecule has 0 fully saturated rings. The first-order valence-corrected chi connectivity index (χ1v) is 0.606. The highest BCUT2D eigenvalue weighted by Crippen LogP contribution is 1.38. The lowest BCUT2D eigenvalue weighted by molar-refractivity contribution is -0.794. The van der Waals surface area contributed by atoms with E-state index in [2.05, 4.69) is 0 Å². The Bertz CT molecular complexity index is 27.0. The quantitative estimate of drug-likeness (QED) is 0.304. The van der Waals surface area contributed by atoms with Crippen molar-refractivity contribution < 1.29 is 10.2 Å². The average molecular weight is 62.0 g/mol. The monoisotopic (exact) mass is 62.0 g/mol. The maximum atomic E-state index is 8.58. The Kier molecular flexibility index (Phi) is 0.524. The highest BCUT2D eigenvalue weighted by molar-refractivity contribution is 3.72. The van der Waals surface area contributed by atoms with E-state index in [4.69, 9.17) is 15.9 Å². The zero-order chi connectivity index (χ0) is 3.58. The molecule has 0 aromatic rings. The molecule has 0 spiro atoms. The van der Waals surface area contributed by atoms with Crippen LogP contribution in [-0.2, 0) is 0 Å². The van der Waals surface area contributed by atoms with E-state index in [0.717, 1.165) is 0 Å². The predicted molar refractivity (Wildman–Crippen MR) is 8.13 cm³/mol. The fourth-order valence-electron chi connectivity index (χ4n) is 0. The molecule has 0 aromatic carbocycles. The van der Waals surface area contributed by atoms with Crippen LogP contribution in [0.25, 0.3) is 0 Å². The SMILES string of the molecule is N=[N+]([O-])O. The minimum atomic E-state index is -1.00. The molecule has 0 saturated heterocycles. The molecule has 2 N–H and O–H groups in total. The van der Waals surface area contributed by atoms with Crippen LogP contribution in [0, 0.1) is 10.7 Å². The largest absolute Gasteiger partial charge is 0.395 e. The van der Waals surface area contributed by atoms with Gasteiger partial charge in [0.05, 0.1) is 0 Å². The van der Waals surface area contributed by atoms with Crippen molar-refractivity contribution in [3.8, 4) is 0 Å². The van der Waals surface area contributed by atoms with Crippen molar-refractivity contribution in [1.29, 1.82) is 5.53 Å². The molecule has 0 radical (unpaired) electrons. The van der Waals surface area contributed by atoms with E-state index in [1.165, 1.54) is 0 Å². The van der Waals surface area contributed by atoms with Crippen molar-refractivity contribution in [2.24, 2.45) is 0 Å². The van der Waals surface area contributed by atoms with Crippen molar-refractivity contribution in [2.45, 2.75) is 0 Å².